The van der Waals surface area contributed by atoms with Crippen LogP contribution in [0.5, 0.6) is 0 Å². The van der Waals surface area contributed by atoms with Crippen LogP contribution in [0.2, 0.25) is 0 Å². The second-order valence-electron chi connectivity index (χ2n) is 7.63. The van der Waals surface area contributed by atoms with Crippen molar-refractivity contribution in [2.45, 2.75) is 19.9 Å². The van der Waals surface area contributed by atoms with Crippen LogP contribution in [0.3, 0.4) is 0 Å². The molecule has 0 aliphatic carbocycles. The maximum absolute atomic E-state index is 12.8. The molecule has 5 aromatic rings. The van der Waals surface area contributed by atoms with Crippen molar-refractivity contribution in [3.63, 3.8) is 0 Å². The average molecular weight is 446 g/mol. The van der Waals surface area contributed by atoms with E-state index in [0.29, 0.717) is 28.5 Å². The third-order valence-corrected chi connectivity index (χ3v) is 8.36. The number of hydrogen-bond donors (Lipinski definition) is 0. The summed E-state index contributed by atoms with van der Waals surface area (Å²) < 4.78 is 21.9. The van der Waals surface area contributed by atoms with Gasteiger partial charge in [0.05, 0.1) is 17.9 Å². The summed E-state index contributed by atoms with van der Waals surface area (Å²) in [7, 11) is -1.32. The van der Waals surface area contributed by atoms with Gasteiger partial charge >= 0.3 is 0 Å². The molecule has 8 nitrogen and oxygen atoms in total. The standard InChI is InChI=1S/C23H23N6O2P/c1-4-32(30,31-3)20-11-8-17(9-12-20)21-14-24-22-23(25-21)29(27-26-22)16(2)18-7-10-19-6-5-13-28(19)15-18/h5-16H,4H2,1-3H3. The summed E-state index contributed by atoms with van der Waals surface area (Å²) >= 11 is 0. The fraction of sp³-hybridized carbons (Fsp3) is 0.217. The molecule has 4 aromatic heterocycles. The zero-order valence-corrected chi connectivity index (χ0v) is 19.0. The van der Waals surface area contributed by atoms with Gasteiger partial charge in [0, 0.05) is 42.1 Å². The van der Waals surface area contributed by atoms with E-state index in [1.54, 1.807) is 10.9 Å². The lowest BCUT2D eigenvalue weighted by Crippen LogP contribution is -2.10. The Morgan fingerprint density at radius 2 is 1.94 bits per heavy atom. The molecule has 4 heterocycles. The Bertz CT molecular complexity index is 1450. The van der Waals surface area contributed by atoms with E-state index in [2.05, 4.69) is 51.0 Å². The van der Waals surface area contributed by atoms with Crippen LogP contribution in [0.4, 0.5) is 0 Å². The largest absolute Gasteiger partial charge is 0.329 e. The van der Waals surface area contributed by atoms with Crippen LogP contribution in [-0.4, -0.2) is 42.6 Å². The number of nitrogens with zero attached hydrogens (tertiary/aromatic N) is 6. The highest BCUT2D eigenvalue weighted by Gasteiger charge is 2.22. The molecule has 0 fully saturated rings. The van der Waals surface area contributed by atoms with Gasteiger partial charge in [-0.05, 0) is 42.8 Å². The minimum atomic E-state index is -2.80. The lowest BCUT2D eigenvalue weighted by atomic mass is 10.1. The van der Waals surface area contributed by atoms with Gasteiger partial charge in [-0.3, -0.25) is 4.57 Å². The molecule has 2 unspecified atom stereocenters. The van der Waals surface area contributed by atoms with E-state index < -0.39 is 7.37 Å². The number of benzene rings is 1. The molecule has 0 saturated carbocycles. The van der Waals surface area contributed by atoms with Crippen molar-refractivity contribution in [3.05, 3.63) is 72.7 Å². The summed E-state index contributed by atoms with van der Waals surface area (Å²) in [6, 6.07) is 15.6. The summed E-state index contributed by atoms with van der Waals surface area (Å²) in [6.45, 7) is 3.93. The van der Waals surface area contributed by atoms with Crippen molar-refractivity contribution in [2.24, 2.45) is 0 Å². The predicted octanol–water partition coefficient (Wildman–Crippen LogP) is 4.32. The van der Waals surface area contributed by atoms with E-state index in [1.165, 1.54) is 7.11 Å². The minimum absolute atomic E-state index is 0.0733. The molecule has 0 saturated heterocycles. The molecule has 32 heavy (non-hydrogen) atoms. The summed E-state index contributed by atoms with van der Waals surface area (Å²) in [5.74, 6) is 0. The van der Waals surface area contributed by atoms with Crippen LogP contribution in [0.25, 0.3) is 28.1 Å². The molecule has 2 atom stereocenters. The minimum Gasteiger partial charge on any atom is -0.329 e. The number of pyridine rings is 1. The Kier molecular flexibility index (Phi) is 5.12. The fourth-order valence-electron chi connectivity index (χ4n) is 3.85. The second-order valence-corrected chi connectivity index (χ2v) is 10.5. The molecule has 9 heteroatoms. The van der Waals surface area contributed by atoms with Crippen LogP contribution < -0.4 is 5.30 Å². The van der Waals surface area contributed by atoms with Crippen molar-refractivity contribution in [1.29, 1.82) is 0 Å². The third-order valence-electron chi connectivity index (χ3n) is 5.85. The zero-order valence-electron chi connectivity index (χ0n) is 18.1. The van der Waals surface area contributed by atoms with Crippen molar-refractivity contribution < 1.29 is 9.09 Å². The van der Waals surface area contributed by atoms with Crippen molar-refractivity contribution in [1.82, 2.24) is 29.4 Å². The van der Waals surface area contributed by atoms with Gasteiger partial charge in [0.1, 0.15) is 0 Å². The van der Waals surface area contributed by atoms with Crippen molar-refractivity contribution in [3.8, 4) is 11.3 Å². The van der Waals surface area contributed by atoms with Gasteiger partial charge in [-0.15, -0.1) is 5.10 Å². The smallest absolute Gasteiger partial charge is 0.231 e. The average Bonchev–Trinajstić information content (AvgIpc) is 3.49. The molecule has 0 N–H and O–H groups in total. The van der Waals surface area contributed by atoms with E-state index in [-0.39, 0.29) is 6.04 Å². The molecule has 162 valence electrons. The van der Waals surface area contributed by atoms with Gasteiger partial charge in [0.2, 0.25) is 13.0 Å². The van der Waals surface area contributed by atoms with Gasteiger partial charge < -0.3 is 8.92 Å². The molecule has 5 rings (SSSR count). The van der Waals surface area contributed by atoms with E-state index in [9.17, 15) is 4.57 Å². The molecule has 0 aliphatic heterocycles. The second kappa shape index (κ2) is 7.97. The van der Waals surface area contributed by atoms with Gasteiger partial charge in [-0.2, -0.15) is 0 Å². The quantitative estimate of drug-likeness (QED) is 0.361. The Balaban J connectivity index is 1.52. The number of fused-ring (bicyclic) bond motifs is 2. The number of rotatable bonds is 6. The number of hydrogen-bond acceptors (Lipinski definition) is 6. The Labute approximate surface area is 185 Å². The van der Waals surface area contributed by atoms with Crippen LogP contribution in [0.1, 0.15) is 25.5 Å². The maximum atomic E-state index is 12.8. The number of aromatic nitrogens is 6. The van der Waals surface area contributed by atoms with E-state index in [1.807, 2.05) is 43.5 Å². The van der Waals surface area contributed by atoms with Crippen molar-refractivity contribution >= 4 is 29.5 Å². The fourth-order valence-corrected chi connectivity index (χ4v) is 5.28. The Hall–Kier alpha value is -3.35. The highest BCUT2D eigenvalue weighted by molar-refractivity contribution is 7.66. The molecular weight excluding hydrogens is 423 g/mol. The summed E-state index contributed by atoms with van der Waals surface area (Å²) in [4.78, 5) is 9.26. The summed E-state index contributed by atoms with van der Waals surface area (Å²) in [5, 5.41) is 9.22. The van der Waals surface area contributed by atoms with Gasteiger partial charge in [-0.1, -0.05) is 30.3 Å². The molecule has 1 aromatic carbocycles. The molecule has 0 aliphatic rings. The van der Waals surface area contributed by atoms with Crippen LogP contribution in [0, 0.1) is 0 Å². The van der Waals surface area contributed by atoms with E-state index in [0.717, 1.165) is 16.6 Å². The summed E-state index contributed by atoms with van der Waals surface area (Å²) in [6.07, 6.45) is 6.24. The molecule has 0 amide bonds. The molecular formula is C23H23N6O2P. The van der Waals surface area contributed by atoms with Gasteiger partial charge in [0.15, 0.2) is 5.65 Å². The van der Waals surface area contributed by atoms with E-state index >= 15 is 0 Å². The zero-order chi connectivity index (χ0) is 22.3. The Morgan fingerprint density at radius 3 is 2.69 bits per heavy atom. The van der Waals surface area contributed by atoms with Gasteiger partial charge in [0.25, 0.3) is 0 Å². The third kappa shape index (κ3) is 3.42. The van der Waals surface area contributed by atoms with Crippen LogP contribution in [0.15, 0.2) is 67.1 Å². The molecule has 0 spiro atoms. The highest BCUT2D eigenvalue weighted by Crippen LogP contribution is 2.44. The first kappa shape index (κ1) is 20.5. The molecule has 0 radical (unpaired) electrons. The van der Waals surface area contributed by atoms with Crippen LogP contribution >= 0.6 is 7.37 Å². The highest BCUT2D eigenvalue weighted by atomic mass is 31.2. The normalized spacial score (nSPS) is 14.6. The molecule has 0 bridgehead atoms. The SMILES string of the molecule is CCP(=O)(OC)c1ccc(-c2cnc3nnn(C(C)c4ccc5cccn5c4)c3n2)cc1. The first-order valence-corrected chi connectivity index (χ1v) is 12.2. The predicted molar refractivity (Wildman–Crippen MR) is 125 cm³/mol. The topological polar surface area (TPSA) is 87.2 Å². The van der Waals surface area contributed by atoms with E-state index in [4.69, 9.17) is 9.51 Å². The van der Waals surface area contributed by atoms with Gasteiger partial charge in [-0.25, -0.2) is 14.6 Å². The summed E-state index contributed by atoms with van der Waals surface area (Å²) in [5.41, 5.74) is 4.90. The lowest BCUT2D eigenvalue weighted by molar-refractivity contribution is 0.404. The lowest BCUT2D eigenvalue weighted by Gasteiger charge is -2.15. The van der Waals surface area contributed by atoms with Crippen molar-refractivity contribution in [2.75, 3.05) is 13.3 Å². The Morgan fingerprint density at radius 1 is 1.12 bits per heavy atom. The first-order chi connectivity index (χ1) is 15.5. The maximum Gasteiger partial charge on any atom is 0.231 e. The monoisotopic (exact) mass is 446 g/mol. The first-order valence-electron chi connectivity index (χ1n) is 10.4. The van der Waals surface area contributed by atoms with Crippen LogP contribution in [-0.2, 0) is 9.09 Å².